The predicted octanol–water partition coefficient (Wildman–Crippen LogP) is 3.52. The summed E-state index contributed by atoms with van der Waals surface area (Å²) in [4.78, 5) is 81.7. The minimum atomic E-state index is -2.39. The van der Waals surface area contributed by atoms with Gasteiger partial charge < -0.3 is 71.5 Å². The maximum absolute atomic E-state index is 14.1. The van der Waals surface area contributed by atoms with Gasteiger partial charge in [0.1, 0.15) is 48.2 Å². The number of phenols is 2. The Morgan fingerprint density at radius 3 is 2.24 bits per heavy atom. The molecule has 396 valence electrons. The van der Waals surface area contributed by atoms with Crippen LogP contribution < -0.4 is 31.7 Å². The monoisotopic (exact) mass is 1020 g/mol. The second-order valence-electron chi connectivity index (χ2n) is 20.0. The molecule has 1 aliphatic heterocycles. The third-order valence-electron chi connectivity index (χ3n) is 13.4. The normalized spacial score (nSPS) is 22.0. The quantitative estimate of drug-likeness (QED) is 0.0418. The molecule has 7 rings (SSSR count). The Labute approximate surface area is 427 Å². The van der Waals surface area contributed by atoms with Crippen molar-refractivity contribution in [3.05, 3.63) is 117 Å². The van der Waals surface area contributed by atoms with E-state index in [0.29, 0.717) is 43.5 Å². The number of rotatable bonds is 19. The number of carbonyl (C=O) groups excluding carboxylic acids is 6. The van der Waals surface area contributed by atoms with E-state index in [0.717, 1.165) is 5.56 Å². The van der Waals surface area contributed by atoms with Crippen molar-refractivity contribution in [2.24, 2.45) is 5.73 Å². The molecule has 0 aromatic heterocycles. The van der Waals surface area contributed by atoms with Gasteiger partial charge in [0.2, 0.25) is 17.6 Å². The van der Waals surface area contributed by atoms with Crippen molar-refractivity contribution in [2.75, 3.05) is 25.6 Å². The van der Waals surface area contributed by atoms with Crippen LogP contribution in [0, 0.1) is 0 Å². The van der Waals surface area contributed by atoms with E-state index in [1.807, 2.05) is 51.1 Å². The van der Waals surface area contributed by atoms with Crippen LogP contribution in [0.15, 0.2) is 72.8 Å². The molecule has 1 fully saturated rings. The zero-order valence-electron chi connectivity index (χ0n) is 41.9. The van der Waals surface area contributed by atoms with E-state index in [-0.39, 0.29) is 46.9 Å². The molecule has 11 N–H and O–H groups in total. The Hall–Kier alpha value is -6.78. The van der Waals surface area contributed by atoms with Gasteiger partial charge in [-0.3, -0.25) is 24.0 Å². The number of anilines is 1. The van der Waals surface area contributed by atoms with Gasteiger partial charge >= 0.3 is 6.09 Å². The third kappa shape index (κ3) is 12.2. The Morgan fingerprint density at radius 2 is 1.58 bits per heavy atom. The molecule has 4 aromatic carbocycles. The first-order valence-corrected chi connectivity index (χ1v) is 24.5. The van der Waals surface area contributed by atoms with Gasteiger partial charge in [-0.1, -0.05) is 54.6 Å². The van der Waals surface area contributed by atoms with Gasteiger partial charge in [-0.05, 0) is 89.2 Å². The minimum Gasteiger partial charge on any atom is -0.507 e. The molecule has 20 heteroatoms. The van der Waals surface area contributed by atoms with E-state index in [4.69, 9.17) is 24.7 Å². The number of hydrogen-bond donors (Lipinski definition) is 10. The summed E-state index contributed by atoms with van der Waals surface area (Å²) >= 11 is 0. The van der Waals surface area contributed by atoms with Crippen molar-refractivity contribution in [3.63, 3.8) is 0 Å². The number of unbranched alkanes of at least 4 members (excludes halogenated alkanes) is 1. The number of nitrogens with two attached hydrogens (primary N) is 1. The number of carbonyl (C=O) groups is 6. The molecule has 2 aliphatic carbocycles. The van der Waals surface area contributed by atoms with Gasteiger partial charge in [0, 0.05) is 47.2 Å². The van der Waals surface area contributed by atoms with Gasteiger partial charge in [0.05, 0.1) is 48.1 Å². The number of fused-ring (bicyclic) bond motifs is 3. The van der Waals surface area contributed by atoms with Crippen LogP contribution in [-0.4, -0.2) is 129 Å². The van der Waals surface area contributed by atoms with Crippen LogP contribution in [0.5, 0.6) is 17.2 Å². The van der Waals surface area contributed by atoms with Crippen LogP contribution in [0.4, 0.5) is 10.5 Å². The molecule has 0 saturated carbocycles. The summed E-state index contributed by atoms with van der Waals surface area (Å²) in [6, 6.07) is 17.8. The van der Waals surface area contributed by atoms with Gasteiger partial charge in [-0.15, -0.1) is 0 Å². The number of amides is 3. The average molecular weight is 1020 g/mol. The van der Waals surface area contributed by atoms with Crippen LogP contribution in [0.25, 0.3) is 0 Å². The molecule has 0 bridgehead atoms. The molecule has 0 radical (unpaired) electrons. The largest absolute Gasteiger partial charge is 0.507 e. The van der Waals surface area contributed by atoms with Gasteiger partial charge in [0.15, 0.2) is 17.9 Å². The van der Waals surface area contributed by atoms with Crippen LogP contribution in [-0.2, 0) is 48.0 Å². The number of benzene rings is 4. The second kappa shape index (κ2) is 23.2. The van der Waals surface area contributed by atoms with E-state index in [1.165, 1.54) is 32.2 Å². The van der Waals surface area contributed by atoms with E-state index in [2.05, 4.69) is 21.3 Å². The smallest absolute Gasteiger partial charge is 0.407 e. The number of ketones is 3. The lowest BCUT2D eigenvalue weighted by molar-refractivity contribution is -0.249. The molecule has 20 nitrogen and oxygen atoms in total. The van der Waals surface area contributed by atoms with E-state index >= 15 is 0 Å². The van der Waals surface area contributed by atoms with Crippen LogP contribution in [0.1, 0.15) is 120 Å². The summed E-state index contributed by atoms with van der Waals surface area (Å²) in [5.41, 5.74) is 3.02. The van der Waals surface area contributed by atoms with Crippen molar-refractivity contribution in [1.82, 2.24) is 16.0 Å². The third-order valence-corrected chi connectivity index (χ3v) is 13.4. The van der Waals surface area contributed by atoms with Crippen LogP contribution in [0.2, 0.25) is 0 Å². The SMILES string of the molecule is COc1cccc2c1C(=O)c1c(O)c3c(c(O)c1C2=O)C[C@](O)(C(=O)CO)C[C@H]3OC1C[C@@H](NC(=O)OCc2ccc(NC(=O)C(CCCCN)NC(=O)C(Cc3ccccc3)NC(C)(C)C)cc2)[C@@H](O)[C@@H](C)O1. The predicted molar refractivity (Wildman–Crippen MR) is 268 cm³/mol. The minimum absolute atomic E-state index is 0.0406. The highest BCUT2D eigenvalue weighted by atomic mass is 16.7. The van der Waals surface area contributed by atoms with Gasteiger partial charge in [-0.25, -0.2) is 4.79 Å². The zero-order valence-corrected chi connectivity index (χ0v) is 41.9. The Kier molecular flexibility index (Phi) is 17.2. The number of nitrogens with one attached hydrogen (secondary N) is 4. The van der Waals surface area contributed by atoms with Crippen LogP contribution in [0.3, 0.4) is 0 Å². The Morgan fingerprint density at radius 1 is 0.878 bits per heavy atom. The number of aliphatic hydroxyl groups excluding tert-OH is 2. The number of ether oxygens (including phenoxy) is 4. The lowest BCUT2D eigenvalue weighted by Crippen LogP contribution is -2.56. The lowest BCUT2D eigenvalue weighted by atomic mass is 9.72. The first-order chi connectivity index (χ1) is 35.2. The molecule has 4 aromatic rings. The van der Waals surface area contributed by atoms with Crippen molar-refractivity contribution in [3.8, 4) is 17.2 Å². The van der Waals surface area contributed by atoms with Crippen molar-refractivity contribution in [2.45, 2.75) is 133 Å². The molecule has 8 atom stereocenters. The molecule has 74 heavy (non-hydrogen) atoms. The molecular formula is C54H65N5O15. The summed E-state index contributed by atoms with van der Waals surface area (Å²) in [6.07, 6.45) is -5.58. The number of methoxy groups -OCH3 is 1. The zero-order chi connectivity index (χ0) is 53.6. The number of alkyl carbamates (subject to hydrolysis) is 1. The fourth-order valence-corrected chi connectivity index (χ4v) is 9.73. The average Bonchev–Trinajstić information content (AvgIpc) is 3.37. The molecular weight excluding hydrogens is 959 g/mol. The molecule has 0 spiro atoms. The van der Waals surface area contributed by atoms with Crippen molar-refractivity contribution < 1.29 is 73.2 Å². The Balaban J connectivity index is 1.01. The topological polar surface area (TPSA) is 315 Å². The molecule has 3 aliphatic rings. The fraction of sp³-hybridized carbons (Fsp3) is 0.444. The number of aliphatic hydroxyl groups is 3. The first-order valence-electron chi connectivity index (χ1n) is 24.5. The number of phenolic OH excluding ortho intramolecular Hbond substituents is 2. The van der Waals surface area contributed by atoms with Crippen molar-refractivity contribution >= 4 is 40.9 Å². The highest BCUT2D eigenvalue weighted by Crippen LogP contribution is 2.52. The van der Waals surface area contributed by atoms with Gasteiger partial charge in [0.25, 0.3) is 0 Å². The summed E-state index contributed by atoms with van der Waals surface area (Å²) in [5, 5.41) is 68.0. The number of Topliss-reactive ketones (excluding diaryl/α,β-unsaturated/α-hetero) is 1. The lowest BCUT2D eigenvalue weighted by Gasteiger charge is -2.42. The van der Waals surface area contributed by atoms with Crippen LogP contribution >= 0.6 is 0 Å². The highest BCUT2D eigenvalue weighted by molar-refractivity contribution is 6.31. The van der Waals surface area contributed by atoms with Gasteiger partial charge in [-0.2, -0.15) is 0 Å². The number of aromatic hydroxyl groups is 2. The van der Waals surface area contributed by atoms with Crippen molar-refractivity contribution in [1.29, 1.82) is 0 Å². The first kappa shape index (κ1) is 55.0. The highest BCUT2D eigenvalue weighted by Gasteiger charge is 2.50. The standard InChI is InChI=1S/C54H65N5O15/c1-28-45(62)35(23-40(73-28)74-38-25-54(70,39(61)26-60)24-33-42(38)49(66)44-43(47(33)64)46(63)32-14-11-16-37(71-5)41(32)48(44)65)58-52(69)72-27-30-17-19-31(20-18-30)56-50(67)34(15-9-10-21-55)57-51(68)36(59-53(2,3)4)22-29-12-7-6-8-13-29/h6-8,11-14,16-20,28,34-36,38,40,45,59-60,62,64,66,70H,9-10,15,21-27,55H2,1-5H3,(H,56,67)(H,57,68)(H,58,69)/t28-,34?,35-,36?,38-,40?,45+,54-/m1/s1. The summed E-state index contributed by atoms with van der Waals surface area (Å²) in [5.74, 6) is -4.97. The maximum Gasteiger partial charge on any atom is 0.407 e. The fourth-order valence-electron chi connectivity index (χ4n) is 9.73. The second-order valence-corrected chi connectivity index (χ2v) is 20.0. The molecule has 3 unspecified atom stereocenters. The summed E-state index contributed by atoms with van der Waals surface area (Å²) in [7, 11) is 1.30. The summed E-state index contributed by atoms with van der Waals surface area (Å²) < 4.78 is 23.1. The Bertz CT molecular complexity index is 2750. The maximum atomic E-state index is 14.1. The van der Waals surface area contributed by atoms with E-state index in [1.54, 1.807) is 24.3 Å². The number of hydrogen-bond acceptors (Lipinski definition) is 17. The van der Waals surface area contributed by atoms with E-state index in [9.17, 15) is 54.3 Å². The van der Waals surface area contributed by atoms with E-state index < -0.39 is 125 Å². The molecule has 1 heterocycles. The summed E-state index contributed by atoms with van der Waals surface area (Å²) in [6.45, 7) is 6.49. The molecule has 1 saturated heterocycles. The molecule has 3 amide bonds.